The van der Waals surface area contributed by atoms with Gasteiger partial charge in [-0.1, -0.05) is 31.9 Å². The molecule has 21 heavy (non-hydrogen) atoms. The lowest BCUT2D eigenvalue weighted by molar-refractivity contribution is 0.324. The van der Waals surface area contributed by atoms with E-state index in [1.165, 1.54) is 6.07 Å². The van der Waals surface area contributed by atoms with Gasteiger partial charge in [-0.05, 0) is 44.4 Å². The Morgan fingerprint density at radius 1 is 1.33 bits per heavy atom. The molecule has 0 saturated carbocycles. The van der Waals surface area contributed by atoms with Gasteiger partial charge in [0.05, 0.1) is 4.90 Å². The van der Waals surface area contributed by atoms with Crippen LogP contribution in [0.3, 0.4) is 0 Å². The molecule has 0 aliphatic rings. The predicted molar refractivity (Wildman–Crippen MR) is 89.2 cm³/mol. The molecule has 0 bridgehead atoms. The average molecular weight is 333 g/mol. The van der Waals surface area contributed by atoms with Gasteiger partial charge in [-0.3, -0.25) is 0 Å². The van der Waals surface area contributed by atoms with Crippen LogP contribution >= 0.6 is 11.6 Å². The van der Waals surface area contributed by atoms with Gasteiger partial charge in [-0.15, -0.1) is 0 Å². The lowest BCUT2D eigenvalue weighted by atomic mass is 10.2. The zero-order chi connectivity index (χ0) is 16.2. The Hall–Kier alpha value is -0.780. The molecule has 0 heterocycles. The molecule has 120 valence electrons. The zero-order valence-corrected chi connectivity index (χ0v) is 14.8. The number of hydrogen-bond donors (Lipinski definition) is 1. The van der Waals surface area contributed by atoms with E-state index >= 15 is 0 Å². The van der Waals surface area contributed by atoms with E-state index in [1.54, 1.807) is 17.3 Å². The highest BCUT2D eigenvalue weighted by molar-refractivity contribution is 7.89. The number of halogens is 1. The van der Waals surface area contributed by atoms with E-state index in [2.05, 4.69) is 0 Å². The second-order valence-corrected chi connectivity index (χ2v) is 7.64. The fourth-order valence-corrected chi connectivity index (χ4v) is 4.48. The molecular weight excluding hydrogens is 308 g/mol. The van der Waals surface area contributed by atoms with Gasteiger partial charge in [-0.25, -0.2) is 8.42 Å². The summed E-state index contributed by atoms with van der Waals surface area (Å²) in [4.78, 5) is 0.212. The summed E-state index contributed by atoms with van der Waals surface area (Å²) < 4.78 is 27.5. The first-order chi connectivity index (χ1) is 9.75. The number of unbranched alkanes of at least 4 members (excludes halogenated alkanes) is 1. The maximum Gasteiger partial charge on any atom is 0.243 e. The van der Waals surface area contributed by atoms with Crippen LogP contribution in [-0.2, 0) is 10.0 Å². The third kappa shape index (κ3) is 4.11. The van der Waals surface area contributed by atoms with Crippen molar-refractivity contribution in [1.82, 2.24) is 4.31 Å². The number of rotatable bonds is 7. The van der Waals surface area contributed by atoms with Crippen molar-refractivity contribution in [3.63, 3.8) is 0 Å². The summed E-state index contributed by atoms with van der Waals surface area (Å²) >= 11 is 5.99. The van der Waals surface area contributed by atoms with Gasteiger partial charge in [-0.2, -0.15) is 4.31 Å². The Bertz CT molecular complexity index is 588. The second-order valence-electron chi connectivity index (χ2n) is 5.34. The number of nitrogen functional groups attached to an aromatic ring is 1. The molecule has 0 aromatic heterocycles. The Morgan fingerprint density at radius 3 is 2.48 bits per heavy atom. The molecule has 1 rings (SSSR count). The van der Waals surface area contributed by atoms with Gasteiger partial charge in [0.25, 0.3) is 0 Å². The minimum Gasteiger partial charge on any atom is -0.398 e. The quantitative estimate of drug-likeness (QED) is 0.772. The molecule has 1 aromatic carbocycles. The molecule has 0 saturated heterocycles. The molecule has 0 radical (unpaired) electrons. The van der Waals surface area contributed by atoms with Crippen LogP contribution in [0.2, 0.25) is 5.02 Å². The highest BCUT2D eigenvalue weighted by Gasteiger charge is 2.29. The smallest absolute Gasteiger partial charge is 0.243 e. The first-order valence-corrected chi connectivity index (χ1v) is 9.14. The maximum atomic E-state index is 13.0. The number of nitrogens with two attached hydrogens (primary N) is 1. The van der Waals surface area contributed by atoms with Gasteiger partial charge in [0, 0.05) is 23.3 Å². The van der Waals surface area contributed by atoms with Crippen molar-refractivity contribution in [2.75, 3.05) is 12.3 Å². The number of nitrogens with zero attached hydrogens (tertiary/aromatic N) is 1. The standard InChI is InChI=1S/C15H25ClN2O2S/c1-5-7-8-18(11(3)6-2)21(19,20)15-10-13(16)9-14(17)12(15)4/h9-11H,5-8,17H2,1-4H3. The molecule has 0 aliphatic heterocycles. The number of hydrogen-bond acceptors (Lipinski definition) is 3. The molecule has 1 unspecified atom stereocenters. The molecule has 1 aromatic rings. The van der Waals surface area contributed by atoms with Gasteiger partial charge < -0.3 is 5.73 Å². The fourth-order valence-electron chi connectivity index (χ4n) is 2.16. The van der Waals surface area contributed by atoms with E-state index in [4.69, 9.17) is 17.3 Å². The first-order valence-electron chi connectivity index (χ1n) is 7.33. The average Bonchev–Trinajstić information content (AvgIpc) is 2.42. The first kappa shape index (κ1) is 18.3. The second kappa shape index (κ2) is 7.47. The normalized spacial score (nSPS) is 13.6. The topological polar surface area (TPSA) is 63.4 Å². The summed E-state index contributed by atoms with van der Waals surface area (Å²) in [5, 5.41) is 0.344. The molecular formula is C15H25ClN2O2S. The Balaban J connectivity index is 3.35. The van der Waals surface area contributed by atoms with Crippen molar-refractivity contribution in [1.29, 1.82) is 0 Å². The van der Waals surface area contributed by atoms with Crippen LogP contribution in [0.5, 0.6) is 0 Å². The minimum atomic E-state index is -3.59. The SMILES string of the molecule is CCCCN(C(C)CC)S(=O)(=O)c1cc(Cl)cc(N)c1C. The molecule has 1 atom stereocenters. The van der Waals surface area contributed by atoms with E-state index in [0.717, 1.165) is 19.3 Å². The number of benzene rings is 1. The van der Waals surface area contributed by atoms with Gasteiger partial charge in [0.2, 0.25) is 10.0 Å². The van der Waals surface area contributed by atoms with Crippen molar-refractivity contribution in [2.24, 2.45) is 0 Å². The van der Waals surface area contributed by atoms with Gasteiger partial charge >= 0.3 is 0 Å². The van der Waals surface area contributed by atoms with Crippen LogP contribution in [0.4, 0.5) is 5.69 Å². The Labute approximate surface area is 133 Å². The van der Waals surface area contributed by atoms with Crippen LogP contribution in [0.25, 0.3) is 0 Å². The van der Waals surface area contributed by atoms with E-state index in [0.29, 0.717) is 22.8 Å². The summed E-state index contributed by atoms with van der Waals surface area (Å²) in [5.41, 5.74) is 6.82. The minimum absolute atomic E-state index is 0.0545. The lowest BCUT2D eigenvalue weighted by Gasteiger charge is -2.28. The monoisotopic (exact) mass is 332 g/mol. The maximum absolute atomic E-state index is 13.0. The summed E-state index contributed by atoms with van der Waals surface area (Å²) in [6, 6.07) is 3.01. The number of sulfonamides is 1. The van der Waals surface area contributed by atoms with Gasteiger partial charge in [0.15, 0.2) is 0 Å². The predicted octanol–water partition coefficient (Wildman–Crippen LogP) is 3.82. The highest BCUT2D eigenvalue weighted by Crippen LogP contribution is 2.29. The molecule has 0 spiro atoms. The van der Waals surface area contributed by atoms with Gasteiger partial charge in [0.1, 0.15) is 0 Å². The van der Waals surface area contributed by atoms with Crippen molar-refractivity contribution < 1.29 is 8.42 Å². The van der Waals surface area contributed by atoms with E-state index in [1.807, 2.05) is 20.8 Å². The third-order valence-electron chi connectivity index (χ3n) is 3.77. The Kier molecular flexibility index (Phi) is 6.50. The molecule has 0 amide bonds. The van der Waals surface area contributed by atoms with Crippen molar-refractivity contribution in [3.05, 3.63) is 22.7 Å². The highest BCUT2D eigenvalue weighted by atomic mass is 35.5. The van der Waals surface area contributed by atoms with Crippen molar-refractivity contribution in [2.45, 2.75) is 57.9 Å². The van der Waals surface area contributed by atoms with Crippen LogP contribution in [0.1, 0.15) is 45.6 Å². The van der Waals surface area contributed by atoms with Crippen molar-refractivity contribution in [3.8, 4) is 0 Å². The number of anilines is 1. The summed E-state index contributed by atoms with van der Waals surface area (Å²) in [6.45, 7) is 8.19. The van der Waals surface area contributed by atoms with Crippen LogP contribution in [0.15, 0.2) is 17.0 Å². The summed E-state index contributed by atoms with van der Waals surface area (Å²) in [7, 11) is -3.59. The van der Waals surface area contributed by atoms with E-state index in [-0.39, 0.29) is 10.9 Å². The lowest BCUT2D eigenvalue weighted by Crippen LogP contribution is -2.39. The fraction of sp³-hybridized carbons (Fsp3) is 0.600. The Morgan fingerprint density at radius 2 is 1.95 bits per heavy atom. The molecule has 6 heteroatoms. The molecule has 4 nitrogen and oxygen atoms in total. The molecule has 0 aliphatic carbocycles. The molecule has 0 fully saturated rings. The third-order valence-corrected chi connectivity index (χ3v) is 6.12. The van der Waals surface area contributed by atoms with Crippen LogP contribution < -0.4 is 5.73 Å². The molecule has 2 N–H and O–H groups in total. The largest absolute Gasteiger partial charge is 0.398 e. The summed E-state index contributed by atoms with van der Waals surface area (Å²) in [5.74, 6) is 0. The van der Waals surface area contributed by atoms with Crippen LogP contribution in [-0.4, -0.2) is 25.3 Å². The van der Waals surface area contributed by atoms with E-state index < -0.39 is 10.0 Å². The van der Waals surface area contributed by atoms with E-state index in [9.17, 15) is 8.42 Å². The van der Waals surface area contributed by atoms with Crippen LogP contribution in [0, 0.1) is 6.92 Å². The van der Waals surface area contributed by atoms with Crippen molar-refractivity contribution >= 4 is 27.3 Å². The summed E-state index contributed by atoms with van der Waals surface area (Å²) in [6.07, 6.45) is 2.54. The zero-order valence-electron chi connectivity index (χ0n) is 13.2.